The molecule has 0 atom stereocenters. The number of aryl methyl sites for hydroxylation is 1. The van der Waals surface area contributed by atoms with Crippen LogP contribution in [0.4, 0.5) is 11.4 Å². The maximum Gasteiger partial charge on any atom is 0.0591 e. The van der Waals surface area contributed by atoms with Crippen LogP contribution in [0.5, 0.6) is 0 Å². The first-order chi connectivity index (χ1) is 7.66. The van der Waals surface area contributed by atoms with Gasteiger partial charge in [0.1, 0.15) is 0 Å². The minimum atomic E-state index is 0.693. The van der Waals surface area contributed by atoms with Crippen molar-refractivity contribution >= 4 is 34.3 Å². The van der Waals surface area contributed by atoms with E-state index >= 15 is 0 Å². The first kappa shape index (κ1) is 11.3. The molecule has 84 valence electrons. The summed E-state index contributed by atoms with van der Waals surface area (Å²) in [6, 6.07) is 5.45. The molecule has 2 aromatic rings. The Balaban J connectivity index is 2.10. The van der Waals surface area contributed by atoms with E-state index in [1.807, 2.05) is 12.1 Å². The smallest absolute Gasteiger partial charge is 0.0591 e. The van der Waals surface area contributed by atoms with Crippen LogP contribution in [0, 0.1) is 6.92 Å². The molecular formula is C12H13ClN2S. The van der Waals surface area contributed by atoms with Crippen LogP contribution in [-0.2, 0) is 6.54 Å². The van der Waals surface area contributed by atoms with Crippen molar-refractivity contribution < 1.29 is 0 Å². The Morgan fingerprint density at radius 1 is 1.38 bits per heavy atom. The number of hydrogen-bond acceptors (Lipinski definition) is 3. The third-order valence-electron chi connectivity index (χ3n) is 2.45. The van der Waals surface area contributed by atoms with Crippen LogP contribution in [0.15, 0.2) is 29.0 Å². The van der Waals surface area contributed by atoms with Crippen LogP contribution < -0.4 is 11.1 Å². The molecule has 0 bridgehead atoms. The van der Waals surface area contributed by atoms with Gasteiger partial charge in [-0.05, 0) is 47.0 Å². The van der Waals surface area contributed by atoms with Gasteiger partial charge in [0.25, 0.3) is 0 Å². The van der Waals surface area contributed by atoms with E-state index in [1.165, 1.54) is 11.1 Å². The van der Waals surface area contributed by atoms with Crippen molar-refractivity contribution in [2.75, 3.05) is 11.1 Å². The van der Waals surface area contributed by atoms with Crippen LogP contribution in [0.1, 0.15) is 11.1 Å². The van der Waals surface area contributed by atoms with Crippen molar-refractivity contribution in [3.05, 3.63) is 45.1 Å². The van der Waals surface area contributed by atoms with Gasteiger partial charge in [-0.25, -0.2) is 0 Å². The first-order valence-electron chi connectivity index (χ1n) is 4.97. The van der Waals surface area contributed by atoms with Gasteiger partial charge in [-0.15, -0.1) is 0 Å². The van der Waals surface area contributed by atoms with Crippen molar-refractivity contribution in [3.63, 3.8) is 0 Å². The number of thiophene rings is 1. The Morgan fingerprint density at radius 2 is 2.19 bits per heavy atom. The van der Waals surface area contributed by atoms with E-state index in [-0.39, 0.29) is 0 Å². The normalized spacial score (nSPS) is 10.4. The Morgan fingerprint density at radius 3 is 2.88 bits per heavy atom. The summed E-state index contributed by atoms with van der Waals surface area (Å²) in [5.74, 6) is 0. The number of benzene rings is 1. The van der Waals surface area contributed by atoms with Crippen molar-refractivity contribution in [1.29, 1.82) is 0 Å². The van der Waals surface area contributed by atoms with E-state index in [0.29, 0.717) is 5.02 Å². The number of nitrogens with one attached hydrogen (secondary N) is 1. The molecular weight excluding hydrogens is 240 g/mol. The molecule has 1 heterocycles. The zero-order valence-corrected chi connectivity index (χ0v) is 10.5. The number of halogens is 1. The highest BCUT2D eigenvalue weighted by atomic mass is 35.5. The lowest BCUT2D eigenvalue weighted by Crippen LogP contribution is -2.02. The molecule has 0 aliphatic carbocycles. The number of rotatable bonds is 3. The molecule has 0 radical (unpaired) electrons. The van der Waals surface area contributed by atoms with Gasteiger partial charge >= 0.3 is 0 Å². The maximum absolute atomic E-state index is 5.92. The third-order valence-corrected chi connectivity index (χ3v) is 3.59. The molecule has 1 aromatic heterocycles. The van der Waals surface area contributed by atoms with Gasteiger partial charge in [0, 0.05) is 11.6 Å². The van der Waals surface area contributed by atoms with Gasteiger partial charge in [0.15, 0.2) is 0 Å². The van der Waals surface area contributed by atoms with E-state index in [9.17, 15) is 0 Å². The van der Waals surface area contributed by atoms with E-state index in [4.69, 9.17) is 17.3 Å². The summed E-state index contributed by atoms with van der Waals surface area (Å²) in [5.41, 5.74) is 10.1. The van der Waals surface area contributed by atoms with Crippen LogP contribution in [0.3, 0.4) is 0 Å². The predicted molar refractivity (Wildman–Crippen MR) is 72.2 cm³/mol. The SMILES string of the molecule is Cc1cscc1CNc1cc(Cl)ccc1N. The number of anilines is 2. The quantitative estimate of drug-likeness (QED) is 0.813. The summed E-state index contributed by atoms with van der Waals surface area (Å²) in [7, 11) is 0. The fraction of sp³-hybridized carbons (Fsp3) is 0.167. The molecule has 1 aromatic carbocycles. The zero-order valence-electron chi connectivity index (χ0n) is 8.96. The lowest BCUT2D eigenvalue weighted by atomic mass is 10.2. The molecule has 0 unspecified atom stereocenters. The van der Waals surface area contributed by atoms with Gasteiger partial charge in [0.05, 0.1) is 11.4 Å². The van der Waals surface area contributed by atoms with Gasteiger partial charge in [-0.3, -0.25) is 0 Å². The van der Waals surface area contributed by atoms with E-state index in [0.717, 1.165) is 17.9 Å². The summed E-state index contributed by atoms with van der Waals surface area (Å²) < 4.78 is 0. The van der Waals surface area contributed by atoms with Crippen LogP contribution in [-0.4, -0.2) is 0 Å². The number of hydrogen-bond donors (Lipinski definition) is 2. The lowest BCUT2D eigenvalue weighted by molar-refractivity contribution is 1.14. The van der Waals surface area contributed by atoms with Gasteiger partial charge < -0.3 is 11.1 Å². The molecule has 4 heteroatoms. The first-order valence-corrected chi connectivity index (χ1v) is 6.29. The molecule has 0 fully saturated rings. The number of nitrogen functional groups attached to an aromatic ring is 1. The van der Waals surface area contributed by atoms with Gasteiger partial charge in [-0.1, -0.05) is 11.6 Å². The topological polar surface area (TPSA) is 38.0 Å². The fourth-order valence-electron chi connectivity index (χ4n) is 1.44. The second kappa shape index (κ2) is 4.76. The monoisotopic (exact) mass is 252 g/mol. The second-order valence-electron chi connectivity index (χ2n) is 3.67. The third kappa shape index (κ3) is 2.49. The average Bonchev–Trinajstić information content (AvgIpc) is 2.66. The molecule has 0 saturated heterocycles. The number of nitrogens with two attached hydrogens (primary N) is 1. The van der Waals surface area contributed by atoms with E-state index in [2.05, 4.69) is 23.0 Å². The predicted octanol–water partition coefficient (Wildman–Crippen LogP) is 3.90. The summed E-state index contributed by atoms with van der Waals surface area (Å²) in [6.45, 7) is 2.88. The highest BCUT2D eigenvalue weighted by Gasteiger charge is 2.02. The van der Waals surface area contributed by atoms with Crippen molar-refractivity contribution in [1.82, 2.24) is 0 Å². The minimum absolute atomic E-state index is 0.693. The van der Waals surface area contributed by atoms with E-state index < -0.39 is 0 Å². The van der Waals surface area contributed by atoms with Gasteiger partial charge in [0.2, 0.25) is 0 Å². The van der Waals surface area contributed by atoms with Crippen LogP contribution >= 0.6 is 22.9 Å². The summed E-state index contributed by atoms with van der Waals surface area (Å²) >= 11 is 7.63. The Bertz CT molecular complexity index is 494. The summed E-state index contributed by atoms with van der Waals surface area (Å²) in [6.07, 6.45) is 0. The Kier molecular flexibility index (Phi) is 3.36. The minimum Gasteiger partial charge on any atom is -0.397 e. The average molecular weight is 253 g/mol. The molecule has 2 rings (SSSR count). The molecule has 2 nitrogen and oxygen atoms in total. The van der Waals surface area contributed by atoms with Crippen molar-refractivity contribution in [2.45, 2.75) is 13.5 Å². The summed E-state index contributed by atoms with van der Waals surface area (Å²) in [4.78, 5) is 0. The Hall–Kier alpha value is -1.19. The highest BCUT2D eigenvalue weighted by Crippen LogP contribution is 2.24. The largest absolute Gasteiger partial charge is 0.397 e. The molecule has 0 aliphatic heterocycles. The van der Waals surface area contributed by atoms with Crippen molar-refractivity contribution in [2.24, 2.45) is 0 Å². The molecule has 0 amide bonds. The molecule has 0 saturated carbocycles. The van der Waals surface area contributed by atoms with Crippen molar-refractivity contribution in [3.8, 4) is 0 Å². The lowest BCUT2D eigenvalue weighted by Gasteiger charge is -2.09. The van der Waals surface area contributed by atoms with Gasteiger partial charge in [-0.2, -0.15) is 11.3 Å². The molecule has 0 aliphatic rings. The maximum atomic E-state index is 5.92. The summed E-state index contributed by atoms with van der Waals surface area (Å²) in [5, 5.41) is 8.27. The Labute approximate surface area is 104 Å². The highest BCUT2D eigenvalue weighted by molar-refractivity contribution is 7.08. The molecule has 16 heavy (non-hydrogen) atoms. The standard InChI is InChI=1S/C12H13ClN2S/c1-8-6-16-7-9(8)5-15-12-4-10(13)2-3-11(12)14/h2-4,6-7,15H,5,14H2,1H3. The second-order valence-corrected chi connectivity index (χ2v) is 4.85. The van der Waals surface area contributed by atoms with E-state index in [1.54, 1.807) is 17.4 Å². The molecule has 0 spiro atoms. The zero-order chi connectivity index (χ0) is 11.5. The van der Waals surface area contributed by atoms with Crippen LogP contribution in [0.25, 0.3) is 0 Å². The molecule has 3 N–H and O–H groups in total. The fourth-order valence-corrected chi connectivity index (χ4v) is 2.47. The van der Waals surface area contributed by atoms with Crippen LogP contribution in [0.2, 0.25) is 5.02 Å².